The molecule has 4 nitrogen and oxygen atoms in total. The molecule has 122 valence electrons. The zero-order valence-corrected chi connectivity index (χ0v) is 14.7. The molecule has 5 heteroatoms. The van der Waals surface area contributed by atoms with Crippen LogP contribution in [0.1, 0.15) is 48.9 Å². The van der Waals surface area contributed by atoms with Crippen molar-refractivity contribution in [3.05, 3.63) is 16.1 Å². The van der Waals surface area contributed by atoms with Gasteiger partial charge < -0.3 is 10.2 Å². The molecule has 0 unspecified atom stereocenters. The Hall–Kier alpha value is -1.10. The van der Waals surface area contributed by atoms with E-state index in [1.54, 1.807) is 0 Å². The van der Waals surface area contributed by atoms with E-state index >= 15 is 0 Å². The molecule has 1 saturated heterocycles. The van der Waals surface area contributed by atoms with Crippen molar-refractivity contribution in [3.8, 4) is 0 Å². The summed E-state index contributed by atoms with van der Waals surface area (Å²) in [6.07, 6.45) is 11.1. The normalized spacial score (nSPS) is 21.0. The Balaban J connectivity index is 1.48. The summed E-state index contributed by atoms with van der Waals surface area (Å²) in [7, 11) is 1.90. The third-order valence-electron chi connectivity index (χ3n) is 5.19. The molecule has 2 fully saturated rings. The summed E-state index contributed by atoms with van der Waals surface area (Å²) in [5.41, 5.74) is 0.600. The van der Waals surface area contributed by atoms with Gasteiger partial charge in [-0.1, -0.05) is 19.8 Å². The summed E-state index contributed by atoms with van der Waals surface area (Å²) in [6.45, 7) is 5.47. The van der Waals surface area contributed by atoms with Crippen LogP contribution < -0.4 is 5.32 Å². The lowest BCUT2D eigenvalue weighted by Crippen LogP contribution is -2.41. The van der Waals surface area contributed by atoms with E-state index in [-0.39, 0.29) is 0 Å². The number of guanidine groups is 1. The summed E-state index contributed by atoms with van der Waals surface area (Å²) in [5.74, 6) is 1.08. The van der Waals surface area contributed by atoms with Crippen LogP contribution in [0.4, 0.5) is 0 Å². The maximum absolute atomic E-state index is 4.49. The van der Waals surface area contributed by atoms with Crippen LogP contribution in [0.15, 0.2) is 11.2 Å². The Morgan fingerprint density at radius 3 is 2.91 bits per heavy atom. The minimum Gasteiger partial charge on any atom is -0.356 e. The van der Waals surface area contributed by atoms with Gasteiger partial charge in [-0.3, -0.25) is 4.99 Å². The number of rotatable bonds is 4. The number of nitrogens with one attached hydrogen (secondary N) is 1. The van der Waals surface area contributed by atoms with Gasteiger partial charge in [0, 0.05) is 44.2 Å². The molecule has 1 aliphatic carbocycles. The fourth-order valence-corrected chi connectivity index (χ4v) is 4.75. The molecule has 2 heterocycles. The third kappa shape index (κ3) is 3.45. The number of nitrogens with zero attached hydrogens (tertiary/aromatic N) is 3. The molecule has 2 aliphatic rings. The molecular weight excluding hydrogens is 292 g/mol. The zero-order valence-electron chi connectivity index (χ0n) is 13.9. The van der Waals surface area contributed by atoms with E-state index in [4.69, 9.17) is 0 Å². The van der Waals surface area contributed by atoms with Crippen molar-refractivity contribution in [1.82, 2.24) is 15.2 Å². The summed E-state index contributed by atoms with van der Waals surface area (Å²) < 4.78 is 0. The molecular formula is C17H28N4S. The third-order valence-corrected chi connectivity index (χ3v) is 6.39. The number of likely N-dealkylation sites (tertiary alicyclic amines) is 1. The molecule has 1 aliphatic heterocycles. The zero-order chi connectivity index (χ0) is 15.4. The highest BCUT2D eigenvalue weighted by atomic mass is 32.1. The largest absolute Gasteiger partial charge is 0.356 e. The van der Waals surface area contributed by atoms with Crippen LogP contribution in [0.25, 0.3) is 0 Å². The lowest BCUT2D eigenvalue weighted by molar-refractivity contribution is 0.309. The average molecular weight is 321 g/mol. The van der Waals surface area contributed by atoms with Crippen molar-refractivity contribution in [2.24, 2.45) is 10.4 Å². The van der Waals surface area contributed by atoms with Crippen LogP contribution in [0, 0.1) is 5.41 Å². The van der Waals surface area contributed by atoms with Gasteiger partial charge in [-0.2, -0.15) is 0 Å². The van der Waals surface area contributed by atoms with Crippen LogP contribution in [0.5, 0.6) is 0 Å². The van der Waals surface area contributed by atoms with Gasteiger partial charge in [0.2, 0.25) is 0 Å². The fraction of sp³-hybridized carbons (Fsp3) is 0.765. The first-order chi connectivity index (χ1) is 10.7. The fourth-order valence-electron chi connectivity index (χ4n) is 3.89. The molecule has 0 aromatic carbocycles. The van der Waals surface area contributed by atoms with Crippen LogP contribution in [-0.2, 0) is 12.8 Å². The van der Waals surface area contributed by atoms with E-state index in [0.717, 1.165) is 31.9 Å². The van der Waals surface area contributed by atoms with Gasteiger partial charge in [-0.15, -0.1) is 11.3 Å². The van der Waals surface area contributed by atoms with Gasteiger partial charge in [0.1, 0.15) is 0 Å². The highest BCUT2D eigenvalue weighted by Gasteiger charge is 2.40. The van der Waals surface area contributed by atoms with E-state index in [9.17, 15) is 0 Å². The number of hydrogen-bond donors (Lipinski definition) is 1. The van der Waals surface area contributed by atoms with Crippen molar-refractivity contribution in [3.63, 3.8) is 0 Å². The second kappa shape index (κ2) is 6.99. The molecule has 0 radical (unpaired) electrons. The van der Waals surface area contributed by atoms with Gasteiger partial charge >= 0.3 is 0 Å². The molecule has 22 heavy (non-hydrogen) atoms. The molecule has 1 spiro atoms. The van der Waals surface area contributed by atoms with E-state index in [2.05, 4.69) is 27.1 Å². The monoisotopic (exact) mass is 320 g/mol. The van der Waals surface area contributed by atoms with Gasteiger partial charge in [0.15, 0.2) is 5.96 Å². The molecule has 0 atom stereocenters. The topological polar surface area (TPSA) is 40.5 Å². The predicted molar refractivity (Wildman–Crippen MR) is 93.6 cm³/mol. The Morgan fingerprint density at radius 1 is 1.41 bits per heavy atom. The maximum Gasteiger partial charge on any atom is 0.193 e. The van der Waals surface area contributed by atoms with Crippen LogP contribution in [-0.4, -0.2) is 42.5 Å². The lowest BCUT2D eigenvalue weighted by atomic mass is 9.86. The van der Waals surface area contributed by atoms with Crippen molar-refractivity contribution in [1.29, 1.82) is 0 Å². The second-order valence-electron chi connectivity index (χ2n) is 6.68. The Morgan fingerprint density at radius 2 is 2.23 bits per heavy atom. The molecule has 1 aromatic rings. The average Bonchev–Trinajstić information content (AvgIpc) is 3.26. The number of aromatic nitrogens is 1. The minimum absolute atomic E-state index is 0.600. The summed E-state index contributed by atoms with van der Waals surface area (Å²) in [4.78, 5) is 12.8. The SMILES string of the molecule is CCc1cnc(CCNC(=NC)N2CCC3(CCCC3)C2)s1. The van der Waals surface area contributed by atoms with Crippen LogP contribution in [0.2, 0.25) is 0 Å². The molecule has 0 amide bonds. The minimum atomic E-state index is 0.600. The highest BCUT2D eigenvalue weighted by molar-refractivity contribution is 7.11. The van der Waals surface area contributed by atoms with E-state index in [1.165, 1.54) is 48.5 Å². The first-order valence-corrected chi connectivity index (χ1v) is 9.45. The van der Waals surface area contributed by atoms with Gasteiger partial charge in [-0.05, 0) is 31.1 Å². The summed E-state index contributed by atoms with van der Waals surface area (Å²) in [5, 5.41) is 4.77. The molecule has 3 rings (SSSR count). The predicted octanol–water partition coefficient (Wildman–Crippen LogP) is 3.09. The van der Waals surface area contributed by atoms with E-state index < -0.39 is 0 Å². The molecule has 0 bridgehead atoms. The van der Waals surface area contributed by atoms with E-state index in [1.807, 2.05) is 24.6 Å². The number of aliphatic imine (C=N–C) groups is 1. The van der Waals surface area contributed by atoms with E-state index in [0.29, 0.717) is 5.41 Å². The number of aryl methyl sites for hydroxylation is 1. The van der Waals surface area contributed by atoms with Crippen molar-refractivity contribution >= 4 is 17.3 Å². The smallest absolute Gasteiger partial charge is 0.193 e. The molecule has 1 aromatic heterocycles. The summed E-state index contributed by atoms with van der Waals surface area (Å²) in [6, 6.07) is 0. The maximum atomic E-state index is 4.49. The van der Waals surface area contributed by atoms with Crippen molar-refractivity contribution < 1.29 is 0 Å². The van der Waals surface area contributed by atoms with Crippen molar-refractivity contribution in [2.75, 3.05) is 26.7 Å². The van der Waals surface area contributed by atoms with Crippen LogP contribution >= 0.6 is 11.3 Å². The lowest BCUT2D eigenvalue weighted by Gasteiger charge is -2.25. The number of thiazole rings is 1. The van der Waals surface area contributed by atoms with Crippen molar-refractivity contribution in [2.45, 2.75) is 51.9 Å². The first-order valence-electron chi connectivity index (χ1n) is 8.64. The first kappa shape index (κ1) is 15.8. The standard InChI is InChI=1S/C17H28N4S/c1-3-14-12-20-15(22-14)6-10-19-16(18-2)21-11-9-17(13-21)7-4-5-8-17/h12H,3-11,13H2,1-2H3,(H,18,19). The molecule has 1 N–H and O–H groups in total. The Labute approximate surface area is 138 Å². The second-order valence-corrected chi connectivity index (χ2v) is 7.88. The van der Waals surface area contributed by atoms with Gasteiger partial charge in [0.05, 0.1) is 5.01 Å². The Bertz CT molecular complexity index is 516. The van der Waals surface area contributed by atoms with Crippen LogP contribution in [0.3, 0.4) is 0 Å². The Kier molecular flexibility index (Phi) is 5.01. The van der Waals surface area contributed by atoms with Gasteiger partial charge in [-0.25, -0.2) is 4.98 Å². The quantitative estimate of drug-likeness (QED) is 0.684. The summed E-state index contributed by atoms with van der Waals surface area (Å²) >= 11 is 1.84. The van der Waals surface area contributed by atoms with Gasteiger partial charge in [0.25, 0.3) is 0 Å². The highest BCUT2D eigenvalue weighted by Crippen LogP contribution is 2.45. The molecule has 1 saturated carbocycles. The number of hydrogen-bond acceptors (Lipinski definition) is 3.